The summed E-state index contributed by atoms with van der Waals surface area (Å²) in [4.78, 5) is 11.8. The van der Waals surface area contributed by atoms with E-state index in [-0.39, 0.29) is 5.78 Å². The summed E-state index contributed by atoms with van der Waals surface area (Å²) in [6.45, 7) is 0.486. The van der Waals surface area contributed by atoms with Crippen molar-refractivity contribution in [3.63, 3.8) is 0 Å². The number of hydrogen-bond donors (Lipinski definition) is 1. The summed E-state index contributed by atoms with van der Waals surface area (Å²) >= 11 is 0. The number of furan rings is 1. The molecule has 2 N–H and O–H groups in total. The quantitative estimate of drug-likeness (QED) is 0.772. The van der Waals surface area contributed by atoms with Crippen molar-refractivity contribution in [1.29, 1.82) is 0 Å². The van der Waals surface area contributed by atoms with Gasteiger partial charge in [-0.25, -0.2) is 0 Å². The first kappa shape index (κ1) is 9.68. The number of carbonyl (C=O) groups is 1. The van der Waals surface area contributed by atoms with Gasteiger partial charge in [0.25, 0.3) is 0 Å². The summed E-state index contributed by atoms with van der Waals surface area (Å²) in [5.41, 5.74) is 7.70. The van der Waals surface area contributed by atoms with Crippen LogP contribution in [0.4, 0.5) is 0 Å². The van der Waals surface area contributed by atoms with Gasteiger partial charge >= 0.3 is 0 Å². The summed E-state index contributed by atoms with van der Waals surface area (Å²) in [5.74, 6) is -0.0349. The van der Waals surface area contributed by atoms with E-state index in [4.69, 9.17) is 10.2 Å². The molecule has 0 saturated heterocycles. The second kappa shape index (κ2) is 4.11. The van der Waals surface area contributed by atoms with Crippen LogP contribution in [0, 0.1) is 0 Å². The second-order valence-electron chi connectivity index (χ2n) is 3.24. The SMILES string of the molecule is NCc1ccc(C(=O)c2ccoc2)cc1. The Kier molecular flexibility index (Phi) is 2.65. The van der Waals surface area contributed by atoms with Gasteiger partial charge in [-0.05, 0) is 11.6 Å². The van der Waals surface area contributed by atoms with Crippen LogP contribution < -0.4 is 5.73 Å². The molecule has 0 radical (unpaired) electrons. The van der Waals surface area contributed by atoms with Gasteiger partial charge in [0.05, 0.1) is 11.8 Å². The molecule has 0 amide bonds. The third-order valence-electron chi connectivity index (χ3n) is 2.24. The Labute approximate surface area is 87.5 Å². The predicted molar refractivity (Wildman–Crippen MR) is 56.5 cm³/mol. The van der Waals surface area contributed by atoms with Crippen molar-refractivity contribution in [3.05, 3.63) is 59.5 Å². The summed E-state index contributed by atoms with van der Waals surface area (Å²) in [5, 5.41) is 0. The minimum atomic E-state index is -0.0349. The van der Waals surface area contributed by atoms with Crippen molar-refractivity contribution in [2.24, 2.45) is 5.73 Å². The van der Waals surface area contributed by atoms with Crippen molar-refractivity contribution in [2.75, 3.05) is 0 Å². The van der Waals surface area contributed by atoms with Crippen molar-refractivity contribution < 1.29 is 9.21 Å². The van der Waals surface area contributed by atoms with Gasteiger partial charge in [0.15, 0.2) is 5.78 Å². The highest BCUT2D eigenvalue weighted by Gasteiger charge is 2.09. The topological polar surface area (TPSA) is 56.2 Å². The van der Waals surface area contributed by atoms with Crippen LogP contribution in [0.25, 0.3) is 0 Å². The third-order valence-corrected chi connectivity index (χ3v) is 2.24. The minimum absolute atomic E-state index is 0.0349. The molecule has 0 aliphatic carbocycles. The predicted octanol–water partition coefficient (Wildman–Crippen LogP) is 1.97. The number of ketones is 1. The number of hydrogen-bond acceptors (Lipinski definition) is 3. The molecule has 0 atom stereocenters. The Hall–Kier alpha value is -1.87. The fraction of sp³-hybridized carbons (Fsp3) is 0.0833. The van der Waals surface area contributed by atoms with Crippen LogP contribution in [0.3, 0.4) is 0 Å². The monoisotopic (exact) mass is 201 g/mol. The van der Waals surface area contributed by atoms with Crippen LogP contribution in [0.15, 0.2) is 47.3 Å². The highest BCUT2D eigenvalue weighted by atomic mass is 16.3. The lowest BCUT2D eigenvalue weighted by Gasteiger charge is -1.99. The highest BCUT2D eigenvalue weighted by molar-refractivity contribution is 6.08. The standard InChI is InChI=1S/C12H11NO2/c13-7-9-1-3-10(4-2-9)12(14)11-5-6-15-8-11/h1-6,8H,7,13H2. The molecule has 2 aromatic rings. The first-order valence-electron chi connectivity index (χ1n) is 4.67. The van der Waals surface area contributed by atoms with Gasteiger partial charge < -0.3 is 10.2 Å². The molecule has 0 aliphatic rings. The van der Waals surface area contributed by atoms with Crippen molar-refractivity contribution in [2.45, 2.75) is 6.54 Å². The lowest BCUT2D eigenvalue weighted by Crippen LogP contribution is -2.01. The Balaban J connectivity index is 2.27. The summed E-state index contributed by atoms with van der Waals surface area (Å²) in [7, 11) is 0. The molecular weight excluding hydrogens is 190 g/mol. The average Bonchev–Trinajstić information content (AvgIpc) is 2.82. The van der Waals surface area contributed by atoms with Gasteiger partial charge in [0, 0.05) is 12.1 Å². The van der Waals surface area contributed by atoms with E-state index in [0.717, 1.165) is 5.56 Å². The molecule has 3 nitrogen and oxygen atoms in total. The van der Waals surface area contributed by atoms with Crippen LogP contribution in [0.1, 0.15) is 21.5 Å². The molecule has 15 heavy (non-hydrogen) atoms. The average molecular weight is 201 g/mol. The maximum Gasteiger partial charge on any atom is 0.196 e. The molecule has 3 heteroatoms. The van der Waals surface area contributed by atoms with E-state index in [9.17, 15) is 4.79 Å². The molecule has 0 fully saturated rings. The Morgan fingerprint density at radius 1 is 1.13 bits per heavy atom. The fourth-order valence-electron chi connectivity index (χ4n) is 1.35. The summed E-state index contributed by atoms with van der Waals surface area (Å²) < 4.78 is 4.86. The number of benzene rings is 1. The van der Waals surface area contributed by atoms with Gasteiger partial charge in [0.1, 0.15) is 6.26 Å². The minimum Gasteiger partial charge on any atom is -0.472 e. The van der Waals surface area contributed by atoms with Crippen molar-refractivity contribution >= 4 is 5.78 Å². The van der Waals surface area contributed by atoms with Crippen LogP contribution in [0.2, 0.25) is 0 Å². The third kappa shape index (κ3) is 1.97. The summed E-state index contributed by atoms with van der Waals surface area (Å²) in [6, 6.07) is 8.91. The molecule has 1 aromatic carbocycles. The first-order chi connectivity index (χ1) is 7.31. The number of nitrogens with two attached hydrogens (primary N) is 1. The van der Waals surface area contributed by atoms with Crippen molar-refractivity contribution in [1.82, 2.24) is 0 Å². The van der Waals surface area contributed by atoms with E-state index in [1.165, 1.54) is 12.5 Å². The van der Waals surface area contributed by atoms with Crippen LogP contribution >= 0.6 is 0 Å². The Bertz CT molecular complexity index is 443. The smallest absolute Gasteiger partial charge is 0.196 e. The highest BCUT2D eigenvalue weighted by Crippen LogP contribution is 2.11. The molecule has 0 bridgehead atoms. The molecule has 76 valence electrons. The van der Waals surface area contributed by atoms with Crippen LogP contribution in [0.5, 0.6) is 0 Å². The van der Waals surface area contributed by atoms with E-state index < -0.39 is 0 Å². The molecular formula is C12H11NO2. The molecule has 0 aliphatic heterocycles. The van der Waals surface area contributed by atoms with E-state index >= 15 is 0 Å². The zero-order chi connectivity index (χ0) is 10.7. The van der Waals surface area contributed by atoms with Gasteiger partial charge in [0.2, 0.25) is 0 Å². The zero-order valence-corrected chi connectivity index (χ0v) is 8.14. The molecule has 1 aromatic heterocycles. The van der Waals surface area contributed by atoms with Gasteiger partial charge in [-0.3, -0.25) is 4.79 Å². The van der Waals surface area contributed by atoms with E-state index in [1.54, 1.807) is 18.2 Å². The molecule has 0 spiro atoms. The van der Waals surface area contributed by atoms with Gasteiger partial charge in [-0.1, -0.05) is 24.3 Å². The normalized spacial score (nSPS) is 10.2. The van der Waals surface area contributed by atoms with Crippen LogP contribution in [-0.4, -0.2) is 5.78 Å². The Morgan fingerprint density at radius 3 is 2.40 bits per heavy atom. The maximum atomic E-state index is 11.8. The molecule has 2 rings (SSSR count). The largest absolute Gasteiger partial charge is 0.472 e. The van der Waals surface area contributed by atoms with E-state index in [0.29, 0.717) is 17.7 Å². The fourth-order valence-corrected chi connectivity index (χ4v) is 1.35. The second-order valence-corrected chi connectivity index (χ2v) is 3.24. The lowest BCUT2D eigenvalue weighted by molar-refractivity contribution is 0.103. The summed E-state index contributed by atoms with van der Waals surface area (Å²) in [6.07, 6.45) is 2.93. The van der Waals surface area contributed by atoms with Gasteiger partial charge in [-0.2, -0.15) is 0 Å². The first-order valence-corrected chi connectivity index (χ1v) is 4.67. The van der Waals surface area contributed by atoms with Crippen LogP contribution in [-0.2, 0) is 6.54 Å². The lowest BCUT2D eigenvalue weighted by atomic mass is 10.0. The van der Waals surface area contributed by atoms with Crippen molar-refractivity contribution in [3.8, 4) is 0 Å². The van der Waals surface area contributed by atoms with Gasteiger partial charge in [-0.15, -0.1) is 0 Å². The van der Waals surface area contributed by atoms with E-state index in [2.05, 4.69) is 0 Å². The number of rotatable bonds is 3. The van der Waals surface area contributed by atoms with E-state index in [1.807, 2.05) is 12.1 Å². The zero-order valence-electron chi connectivity index (χ0n) is 8.14. The molecule has 0 unspecified atom stereocenters. The Morgan fingerprint density at radius 2 is 1.87 bits per heavy atom. The molecule has 0 saturated carbocycles. The molecule has 1 heterocycles. The maximum absolute atomic E-state index is 11.8. The number of carbonyl (C=O) groups excluding carboxylic acids is 1.